The molecule has 1 aromatic rings. The maximum absolute atomic E-state index is 12.0. The molecule has 0 radical (unpaired) electrons. The van der Waals surface area contributed by atoms with E-state index in [2.05, 4.69) is 10.3 Å². The number of aryl methyl sites for hydroxylation is 2. The van der Waals surface area contributed by atoms with Gasteiger partial charge in [-0.1, -0.05) is 6.42 Å². The van der Waals surface area contributed by atoms with E-state index >= 15 is 0 Å². The lowest BCUT2D eigenvalue weighted by Crippen LogP contribution is -2.29. The first-order valence-corrected chi connectivity index (χ1v) is 6.78. The van der Waals surface area contributed by atoms with Gasteiger partial charge >= 0.3 is 5.97 Å². The number of rotatable bonds is 3. The van der Waals surface area contributed by atoms with E-state index in [1.165, 1.54) is 11.3 Å². The van der Waals surface area contributed by atoms with Crippen LogP contribution in [-0.4, -0.2) is 22.0 Å². The molecule has 1 aliphatic carbocycles. The first kappa shape index (κ1) is 13.0. The van der Waals surface area contributed by atoms with Crippen molar-refractivity contribution in [2.24, 2.45) is 11.8 Å². The van der Waals surface area contributed by atoms with Crippen LogP contribution < -0.4 is 5.32 Å². The number of aliphatic carboxylic acids is 1. The molecule has 2 atom stereocenters. The highest BCUT2D eigenvalue weighted by Crippen LogP contribution is 2.33. The SMILES string of the molecule is Cc1nc(NC(=O)[C@@H]2CCC[C@@H]2C(=O)O)sc1C. The molecule has 0 saturated heterocycles. The summed E-state index contributed by atoms with van der Waals surface area (Å²) in [6.07, 6.45) is 2.03. The molecule has 0 unspecified atom stereocenters. The fraction of sp³-hybridized carbons (Fsp3) is 0.583. The van der Waals surface area contributed by atoms with E-state index in [-0.39, 0.29) is 5.91 Å². The third-order valence-corrected chi connectivity index (χ3v) is 4.42. The van der Waals surface area contributed by atoms with Crippen LogP contribution in [0.1, 0.15) is 29.8 Å². The summed E-state index contributed by atoms with van der Waals surface area (Å²) < 4.78 is 0. The van der Waals surface area contributed by atoms with E-state index in [4.69, 9.17) is 5.11 Å². The van der Waals surface area contributed by atoms with Gasteiger partial charge in [-0.3, -0.25) is 9.59 Å². The highest BCUT2D eigenvalue weighted by Gasteiger charge is 2.37. The van der Waals surface area contributed by atoms with Crippen molar-refractivity contribution in [2.45, 2.75) is 33.1 Å². The molecule has 1 aromatic heterocycles. The summed E-state index contributed by atoms with van der Waals surface area (Å²) in [7, 11) is 0. The van der Waals surface area contributed by atoms with Gasteiger partial charge in [0.15, 0.2) is 5.13 Å². The number of carboxylic acids is 1. The molecule has 1 heterocycles. The maximum Gasteiger partial charge on any atom is 0.307 e. The maximum atomic E-state index is 12.0. The smallest absolute Gasteiger partial charge is 0.307 e. The number of hydrogen-bond donors (Lipinski definition) is 2. The molecule has 5 nitrogen and oxygen atoms in total. The van der Waals surface area contributed by atoms with Crippen LogP contribution in [0.4, 0.5) is 5.13 Å². The van der Waals surface area contributed by atoms with E-state index in [1.54, 1.807) is 0 Å². The van der Waals surface area contributed by atoms with Gasteiger partial charge in [0.25, 0.3) is 0 Å². The van der Waals surface area contributed by atoms with Gasteiger partial charge in [0.1, 0.15) is 0 Å². The number of nitrogens with one attached hydrogen (secondary N) is 1. The Morgan fingerprint density at radius 3 is 2.56 bits per heavy atom. The van der Waals surface area contributed by atoms with Crippen molar-refractivity contribution in [3.8, 4) is 0 Å². The number of carbonyl (C=O) groups is 2. The second-order valence-electron chi connectivity index (χ2n) is 4.63. The number of anilines is 1. The van der Waals surface area contributed by atoms with Crippen molar-refractivity contribution < 1.29 is 14.7 Å². The molecule has 0 bridgehead atoms. The lowest BCUT2D eigenvalue weighted by atomic mass is 9.95. The zero-order chi connectivity index (χ0) is 13.3. The van der Waals surface area contributed by atoms with Crippen LogP contribution >= 0.6 is 11.3 Å². The topological polar surface area (TPSA) is 79.3 Å². The predicted octanol–water partition coefficient (Wildman–Crippen LogP) is 2.20. The van der Waals surface area contributed by atoms with E-state index in [0.29, 0.717) is 18.0 Å². The van der Waals surface area contributed by atoms with Gasteiger partial charge in [-0.25, -0.2) is 4.98 Å². The number of nitrogens with zero attached hydrogens (tertiary/aromatic N) is 1. The van der Waals surface area contributed by atoms with Crippen molar-refractivity contribution in [3.05, 3.63) is 10.6 Å². The standard InChI is InChI=1S/C12H16N2O3S/c1-6-7(2)18-12(13-6)14-10(15)8-4-3-5-9(8)11(16)17/h8-9H,3-5H2,1-2H3,(H,16,17)(H,13,14,15)/t8-,9+/m1/s1. The number of hydrogen-bond acceptors (Lipinski definition) is 4. The van der Waals surface area contributed by atoms with E-state index in [1.807, 2.05) is 13.8 Å². The summed E-state index contributed by atoms with van der Waals surface area (Å²) in [5.74, 6) is -2.06. The normalized spacial score (nSPS) is 23.0. The van der Waals surface area contributed by atoms with Crippen molar-refractivity contribution in [3.63, 3.8) is 0 Å². The van der Waals surface area contributed by atoms with Gasteiger partial charge < -0.3 is 10.4 Å². The minimum atomic E-state index is -0.876. The summed E-state index contributed by atoms with van der Waals surface area (Å²) >= 11 is 1.42. The van der Waals surface area contributed by atoms with Gasteiger partial charge in [-0.05, 0) is 26.7 Å². The lowest BCUT2D eigenvalue weighted by molar-refractivity contribution is -0.145. The van der Waals surface area contributed by atoms with Crippen molar-refractivity contribution >= 4 is 28.3 Å². The van der Waals surface area contributed by atoms with Gasteiger partial charge in [0.2, 0.25) is 5.91 Å². The van der Waals surface area contributed by atoms with Crippen LogP contribution in [0.25, 0.3) is 0 Å². The molecule has 2 rings (SSSR count). The fourth-order valence-electron chi connectivity index (χ4n) is 2.29. The third kappa shape index (κ3) is 2.53. The van der Waals surface area contributed by atoms with E-state index in [9.17, 15) is 9.59 Å². The summed E-state index contributed by atoms with van der Waals surface area (Å²) in [4.78, 5) is 28.4. The molecule has 0 aromatic carbocycles. The Morgan fingerprint density at radius 1 is 1.33 bits per heavy atom. The van der Waals surface area contributed by atoms with E-state index < -0.39 is 17.8 Å². The van der Waals surface area contributed by atoms with Gasteiger partial charge in [-0.15, -0.1) is 11.3 Å². The average Bonchev–Trinajstić information content (AvgIpc) is 2.86. The van der Waals surface area contributed by atoms with Crippen molar-refractivity contribution in [1.82, 2.24) is 4.98 Å². The molecule has 1 aliphatic rings. The highest BCUT2D eigenvalue weighted by atomic mass is 32.1. The number of carbonyl (C=O) groups excluding carboxylic acids is 1. The predicted molar refractivity (Wildman–Crippen MR) is 68.7 cm³/mol. The molecular weight excluding hydrogens is 252 g/mol. The second-order valence-corrected chi connectivity index (χ2v) is 5.84. The monoisotopic (exact) mass is 268 g/mol. The molecule has 1 amide bonds. The molecule has 6 heteroatoms. The zero-order valence-corrected chi connectivity index (χ0v) is 11.2. The Labute approximate surface area is 109 Å². The number of carboxylic acid groups (broad SMARTS) is 1. The number of thiazole rings is 1. The molecular formula is C12H16N2O3S. The summed E-state index contributed by atoms with van der Waals surface area (Å²) in [5, 5.41) is 12.4. The highest BCUT2D eigenvalue weighted by molar-refractivity contribution is 7.15. The van der Waals surface area contributed by atoms with Crippen molar-refractivity contribution in [1.29, 1.82) is 0 Å². The quantitative estimate of drug-likeness (QED) is 0.880. The van der Waals surface area contributed by atoms with Gasteiger partial charge in [0.05, 0.1) is 17.5 Å². The first-order valence-electron chi connectivity index (χ1n) is 5.96. The third-order valence-electron chi connectivity index (χ3n) is 3.43. The number of amides is 1. The average molecular weight is 268 g/mol. The lowest BCUT2D eigenvalue weighted by Gasteiger charge is -2.14. The fourth-order valence-corrected chi connectivity index (χ4v) is 3.11. The Morgan fingerprint density at radius 2 is 2.00 bits per heavy atom. The van der Waals surface area contributed by atoms with Crippen LogP contribution in [-0.2, 0) is 9.59 Å². The van der Waals surface area contributed by atoms with Crippen molar-refractivity contribution in [2.75, 3.05) is 5.32 Å². The van der Waals surface area contributed by atoms with Crippen LogP contribution in [0.5, 0.6) is 0 Å². The molecule has 1 saturated carbocycles. The second kappa shape index (κ2) is 5.06. The molecule has 98 valence electrons. The van der Waals surface area contributed by atoms with Crippen LogP contribution in [0.2, 0.25) is 0 Å². The van der Waals surface area contributed by atoms with Gasteiger partial charge in [-0.2, -0.15) is 0 Å². The Kier molecular flexibility index (Phi) is 3.65. The van der Waals surface area contributed by atoms with Crippen LogP contribution in [0.15, 0.2) is 0 Å². The molecule has 18 heavy (non-hydrogen) atoms. The summed E-state index contributed by atoms with van der Waals surface area (Å²) in [5.41, 5.74) is 0.900. The van der Waals surface area contributed by atoms with Gasteiger partial charge in [0, 0.05) is 4.88 Å². The number of aromatic nitrogens is 1. The molecule has 0 aliphatic heterocycles. The molecule has 0 spiro atoms. The van der Waals surface area contributed by atoms with Crippen LogP contribution in [0, 0.1) is 25.7 Å². The van der Waals surface area contributed by atoms with E-state index in [0.717, 1.165) is 17.0 Å². The first-order chi connectivity index (χ1) is 8.49. The largest absolute Gasteiger partial charge is 0.481 e. The Balaban J connectivity index is 2.05. The summed E-state index contributed by atoms with van der Waals surface area (Å²) in [6.45, 7) is 3.83. The Bertz CT molecular complexity index is 464. The minimum absolute atomic E-state index is 0.214. The zero-order valence-electron chi connectivity index (χ0n) is 10.4. The Hall–Kier alpha value is -1.43. The minimum Gasteiger partial charge on any atom is -0.481 e. The van der Waals surface area contributed by atoms with Crippen LogP contribution in [0.3, 0.4) is 0 Å². The molecule has 1 fully saturated rings. The summed E-state index contributed by atoms with van der Waals surface area (Å²) in [6, 6.07) is 0. The molecule has 2 N–H and O–H groups in total.